The van der Waals surface area contributed by atoms with Crippen LogP contribution in [0.25, 0.3) is 0 Å². The highest BCUT2D eigenvalue weighted by atomic mass is 16.5. The summed E-state index contributed by atoms with van der Waals surface area (Å²) < 4.78 is 5.34. The summed E-state index contributed by atoms with van der Waals surface area (Å²) in [6.45, 7) is 7.30. The molecule has 4 atom stereocenters. The number of nitrogens with zero attached hydrogens (tertiary/aromatic N) is 2. The molecule has 2 amide bonds. The number of rotatable bonds is 3. The number of fused-ring (bicyclic) bond motifs is 1. The third-order valence-corrected chi connectivity index (χ3v) is 6.03. The van der Waals surface area contributed by atoms with Crippen LogP contribution >= 0.6 is 0 Å². The summed E-state index contributed by atoms with van der Waals surface area (Å²) in [7, 11) is 0. The van der Waals surface area contributed by atoms with E-state index in [1.54, 1.807) is 6.92 Å². The summed E-state index contributed by atoms with van der Waals surface area (Å²) >= 11 is 0. The molecule has 0 aromatic heterocycles. The molecular weight excluding hydrogens is 280 g/mol. The minimum Gasteiger partial charge on any atom is -0.372 e. The molecule has 5 nitrogen and oxygen atoms in total. The van der Waals surface area contributed by atoms with Crippen molar-refractivity contribution in [3.05, 3.63) is 0 Å². The van der Waals surface area contributed by atoms with Crippen LogP contribution < -0.4 is 0 Å². The minimum absolute atomic E-state index is 0.0486. The lowest BCUT2D eigenvalue weighted by Crippen LogP contribution is -2.56. The zero-order valence-electron chi connectivity index (χ0n) is 14.0. The molecule has 3 fully saturated rings. The van der Waals surface area contributed by atoms with Gasteiger partial charge in [-0.2, -0.15) is 0 Å². The molecule has 0 aromatic carbocycles. The van der Waals surface area contributed by atoms with Crippen molar-refractivity contribution >= 4 is 11.8 Å². The van der Waals surface area contributed by atoms with Crippen molar-refractivity contribution in [2.45, 2.75) is 71.0 Å². The molecule has 0 radical (unpaired) electrons. The average Bonchev–Trinajstić information content (AvgIpc) is 2.59. The lowest BCUT2D eigenvalue weighted by atomic mass is 9.71. The van der Waals surface area contributed by atoms with E-state index in [4.69, 9.17) is 4.74 Å². The van der Waals surface area contributed by atoms with Crippen LogP contribution in [0.15, 0.2) is 0 Å². The normalized spacial score (nSPS) is 37.1. The smallest absolute Gasteiger partial charge is 0.248 e. The molecule has 3 rings (SSSR count). The van der Waals surface area contributed by atoms with Gasteiger partial charge in [0.15, 0.2) is 0 Å². The third-order valence-electron chi connectivity index (χ3n) is 6.03. The van der Waals surface area contributed by atoms with Crippen LogP contribution in [-0.2, 0) is 14.3 Å². The first-order chi connectivity index (χ1) is 10.5. The largest absolute Gasteiger partial charge is 0.372 e. The van der Waals surface area contributed by atoms with Crippen molar-refractivity contribution in [2.75, 3.05) is 19.8 Å². The van der Waals surface area contributed by atoms with Crippen LogP contribution in [0.5, 0.6) is 0 Å². The van der Waals surface area contributed by atoms with Crippen molar-refractivity contribution < 1.29 is 14.3 Å². The number of carbonyl (C=O) groups is 2. The maximum absolute atomic E-state index is 12.6. The minimum atomic E-state index is 0.0486. The fourth-order valence-electron chi connectivity index (χ4n) is 5.19. The summed E-state index contributed by atoms with van der Waals surface area (Å²) in [5.41, 5.74) is 0.0486. The summed E-state index contributed by atoms with van der Waals surface area (Å²) in [4.78, 5) is 28.9. The highest BCUT2D eigenvalue weighted by Crippen LogP contribution is 2.53. The summed E-state index contributed by atoms with van der Waals surface area (Å²) in [6.07, 6.45) is 5.48. The highest BCUT2D eigenvalue weighted by Gasteiger charge is 2.60. The van der Waals surface area contributed by atoms with E-state index in [9.17, 15) is 9.59 Å². The number of ether oxygens (including phenoxy) is 1. The molecule has 2 aliphatic heterocycles. The molecule has 2 saturated heterocycles. The zero-order valence-corrected chi connectivity index (χ0v) is 14.0. The molecule has 2 bridgehead atoms. The van der Waals surface area contributed by atoms with Gasteiger partial charge in [-0.05, 0) is 26.2 Å². The maximum Gasteiger partial charge on any atom is 0.248 e. The monoisotopic (exact) mass is 308 g/mol. The lowest BCUT2D eigenvalue weighted by molar-refractivity contribution is -0.144. The fourth-order valence-corrected chi connectivity index (χ4v) is 5.19. The Kier molecular flexibility index (Phi) is 4.19. The first-order valence-electron chi connectivity index (χ1n) is 8.65. The number of carbonyl (C=O) groups excluding carboxylic acids is 2. The SMILES string of the molecule is CCOCC(=O)N1C[C@@H]2C[C@@]3(C)[C@H](CCCC[C@@H]13)N2C(C)=O. The van der Waals surface area contributed by atoms with Crippen LogP contribution in [0, 0.1) is 5.41 Å². The molecule has 22 heavy (non-hydrogen) atoms. The van der Waals surface area contributed by atoms with Crippen LogP contribution in [0.1, 0.15) is 52.9 Å². The van der Waals surface area contributed by atoms with Crippen LogP contribution in [-0.4, -0.2) is 59.5 Å². The van der Waals surface area contributed by atoms with Gasteiger partial charge in [0.05, 0.1) is 6.04 Å². The highest BCUT2D eigenvalue weighted by molar-refractivity contribution is 5.79. The van der Waals surface area contributed by atoms with Gasteiger partial charge in [0, 0.05) is 37.6 Å². The van der Waals surface area contributed by atoms with Crippen molar-refractivity contribution in [1.82, 2.24) is 9.80 Å². The van der Waals surface area contributed by atoms with Crippen molar-refractivity contribution in [2.24, 2.45) is 5.41 Å². The topological polar surface area (TPSA) is 49.9 Å². The van der Waals surface area contributed by atoms with Gasteiger partial charge >= 0.3 is 0 Å². The third kappa shape index (κ3) is 2.34. The number of amides is 2. The maximum atomic E-state index is 12.6. The van der Waals surface area contributed by atoms with E-state index < -0.39 is 0 Å². The number of hydrogen-bond donors (Lipinski definition) is 0. The second-order valence-corrected chi connectivity index (χ2v) is 7.29. The van der Waals surface area contributed by atoms with E-state index in [0.29, 0.717) is 19.2 Å². The molecular formula is C17H28N2O3. The van der Waals surface area contributed by atoms with Gasteiger partial charge in [0.25, 0.3) is 0 Å². The predicted octanol–water partition coefficient (Wildman–Crippen LogP) is 1.80. The van der Waals surface area contributed by atoms with Gasteiger partial charge in [-0.1, -0.05) is 19.8 Å². The lowest BCUT2D eigenvalue weighted by Gasteiger charge is -2.46. The standard InChI is InChI=1S/C17H28N2O3/c1-4-22-11-16(21)18-10-13-9-17(3)14(18)7-5-6-8-15(17)19(13)12(2)20/h13-15H,4-11H2,1-3H3/t13-,14+,15-,17+/m0/s1. The van der Waals surface area contributed by atoms with Gasteiger partial charge in [0.1, 0.15) is 6.61 Å². The predicted molar refractivity (Wildman–Crippen MR) is 83.3 cm³/mol. The van der Waals surface area contributed by atoms with E-state index >= 15 is 0 Å². The fraction of sp³-hybridized carbons (Fsp3) is 0.882. The zero-order chi connectivity index (χ0) is 15.9. The van der Waals surface area contributed by atoms with Crippen molar-refractivity contribution in [1.29, 1.82) is 0 Å². The van der Waals surface area contributed by atoms with Gasteiger partial charge in [0.2, 0.25) is 11.8 Å². The summed E-state index contributed by atoms with van der Waals surface area (Å²) in [6, 6.07) is 0.744. The Morgan fingerprint density at radius 3 is 2.55 bits per heavy atom. The van der Waals surface area contributed by atoms with E-state index in [0.717, 1.165) is 32.1 Å². The second-order valence-electron chi connectivity index (χ2n) is 7.29. The molecule has 0 spiro atoms. The van der Waals surface area contributed by atoms with Gasteiger partial charge in [-0.25, -0.2) is 0 Å². The second kappa shape index (κ2) is 5.84. The van der Waals surface area contributed by atoms with Gasteiger partial charge in [-0.15, -0.1) is 0 Å². The number of piperidine rings is 1. The van der Waals surface area contributed by atoms with Crippen LogP contribution in [0.3, 0.4) is 0 Å². The van der Waals surface area contributed by atoms with E-state index in [1.807, 2.05) is 11.8 Å². The Morgan fingerprint density at radius 1 is 1.23 bits per heavy atom. The van der Waals surface area contributed by atoms with Crippen LogP contribution in [0.2, 0.25) is 0 Å². The Bertz CT molecular complexity index is 467. The Morgan fingerprint density at radius 2 is 1.91 bits per heavy atom. The Balaban J connectivity index is 1.91. The molecule has 0 aromatic rings. The van der Waals surface area contributed by atoms with Gasteiger partial charge < -0.3 is 14.5 Å². The first kappa shape index (κ1) is 15.8. The van der Waals surface area contributed by atoms with Crippen molar-refractivity contribution in [3.63, 3.8) is 0 Å². The molecule has 3 aliphatic rings. The molecule has 1 saturated carbocycles. The Labute approximate surface area is 133 Å². The summed E-state index contributed by atoms with van der Waals surface area (Å²) in [5.74, 6) is 0.257. The molecule has 1 aliphatic carbocycles. The van der Waals surface area contributed by atoms with Crippen LogP contribution in [0.4, 0.5) is 0 Å². The van der Waals surface area contributed by atoms with Crippen molar-refractivity contribution in [3.8, 4) is 0 Å². The number of likely N-dealkylation sites (tertiary alicyclic amines) is 2. The molecule has 5 heteroatoms. The molecule has 0 unspecified atom stereocenters. The quantitative estimate of drug-likeness (QED) is 0.799. The van der Waals surface area contributed by atoms with Gasteiger partial charge in [-0.3, -0.25) is 9.59 Å². The van der Waals surface area contributed by atoms with E-state index in [-0.39, 0.29) is 35.9 Å². The molecule has 124 valence electrons. The molecule has 0 N–H and O–H groups in total. The van der Waals surface area contributed by atoms with E-state index in [2.05, 4.69) is 11.8 Å². The van der Waals surface area contributed by atoms with E-state index in [1.165, 1.54) is 0 Å². The average molecular weight is 308 g/mol. The molecule has 2 heterocycles. The Hall–Kier alpha value is -1.10. The summed E-state index contributed by atoms with van der Waals surface area (Å²) in [5, 5.41) is 0. The number of hydrogen-bond acceptors (Lipinski definition) is 3. The first-order valence-corrected chi connectivity index (χ1v) is 8.65.